The number of morpholine rings is 1. The van der Waals surface area contributed by atoms with Gasteiger partial charge < -0.3 is 19.4 Å². The van der Waals surface area contributed by atoms with Gasteiger partial charge in [-0.15, -0.1) is 0 Å². The molecule has 0 spiro atoms. The zero-order valence-electron chi connectivity index (χ0n) is 17.4. The molecule has 154 valence electrons. The number of fused-ring (bicyclic) bond motifs is 1. The van der Waals surface area contributed by atoms with Crippen LogP contribution in [0.15, 0.2) is 6.07 Å². The van der Waals surface area contributed by atoms with Gasteiger partial charge in [0, 0.05) is 62.3 Å². The highest BCUT2D eigenvalue weighted by molar-refractivity contribution is 5.54. The van der Waals surface area contributed by atoms with Gasteiger partial charge in [0.15, 0.2) is 0 Å². The Labute approximate surface area is 171 Å². The first kappa shape index (κ1) is 18.5. The number of aryl methyl sites for hydroxylation is 3. The summed E-state index contributed by atoms with van der Waals surface area (Å²) >= 11 is 0. The summed E-state index contributed by atoms with van der Waals surface area (Å²) in [6.45, 7) is 11.1. The molecule has 0 saturated carbocycles. The first-order chi connectivity index (χ1) is 14.2. The number of hydrogen-bond acceptors (Lipinski definition) is 8. The Kier molecular flexibility index (Phi) is 4.95. The minimum absolute atomic E-state index is 0.744. The van der Waals surface area contributed by atoms with E-state index >= 15 is 0 Å². The van der Waals surface area contributed by atoms with E-state index < -0.39 is 0 Å². The summed E-state index contributed by atoms with van der Waals surface area (Å²) in [4.78, 5) is 26.1. The predicted molar refractivity (Wildman–Crippen MR) is 113 cm³/mol. The lowest BCUT2D eigenvalue weighted by molar-refractivity contribution is 0.122. The van der Waals surface area contributed by atoms with Crippen molar-refractivity contribution in [1.82, 2.24) is 19.9 Å². The maximum absolute atomic E-state index is 5.47. The summed E-state index contributed by atoms with van der Waals surface area (Å²) in [6, 6.07) is 2.10. The third kappa shape index (κ3) is 3.73. The van der Waals surface area contributed by atoms with Crippen molar-refractivity contribution in [3.63, 3.8) is 0 Å². The van der Waals surface area contributed by atoms with Crippen molar-refractivity contribution >= 4 is 17.6 Å². The van der Waals surface area contributed by atoms with Crippen molar-refractivity contribution in [3.05, 3.63) is 28.8 Å². The van der Waals surface area contributed by atoms with Crippen LogP contribution >= 0.6 is 0 Å². The maximum Gasteiger partial charge on any atom is 0.227 e. The van der Waals surface area contributed by atoms with E-state index in [0.717, 1.165) is 94.4 Å². The molecule has 2 saturated heterocycles. The minimum atomic E-state index is 0.744. The fraction of sp³-hybridized carbons (Fsp3) is 0.619. The monoisotopic (exact) mass is 395 g/mol. The Hall–Kier alpha value is -2.48. The third-order valence-corrected chi connectivity index (χ3v) is 6.05. The standard InChI is InChI=1S/C21H29N7O/c1-15-14-19(25-21(22-15)28-10-12-29-13-11-28)26-6-8-27(9-7-26)20-17-4-3-5-18(17)23-16(2)24-20/h14H,3-13H2,1-2H3. The van der Waals surface area contributed by atoms with Crippen LogP contribution in [0.4, 0.5) is 17.6 Å². The van der Waals surface area contributed by atoms with Crippen molar-refractivity contribution < 1.29 is 4.74 Å². The molecule has 3 aliphatic rings. The van der Waals surface area contributed by atoms with Gasteiger partial charge in [-0.25, -0.2) is 15.0 Å². The molecule has 8 nitrogen and oxygen atoms in total. The lowest BCUT2D eigenvalue weighted by Gasteiger charge is -2.37. The van der Waals surface area contributed by atoms with E-state index in [2.05, 4.69) is 37.7 Å². The molecule has 0 unspecified atom stereocenters. The SMILES string of the molecule is Cc1cc(N2CCN(c3nc(C)nc4c3CCC4)CC2)nc(N2CCOCC2)n1. The molecule has 0 atom stereocenters. The van der Waals surface area contributed by atoms with Gasteiger partial charge in [-0.3, -0.25) is 0 Å². The minimum Gasteiger partial charge on any atom is -0.378 e. The van der Waals surface area contributed by atoms with Crippen LogP contribution in [0.3, 0.4) is 0 Å². The quantitative estimate of drug-likeness (QED) is 0.775. The highest BCUT2D eigenvalue weighted by atomic mass is 16.5. The Morgan fingerprint density at radius 1 is 0.793 bits per heavy atom. The second-order valence-corrected chi connectivity index (χ2v) is 8.11. The van der Waals surface area contributed by atoms with Crippen LogP contribution in [0.25, 0.3) is 0 Å². The second-order valence-electron chi connectivity index (χ2n) is 8.11. The summed E-state index contributed by atoms with van der Waals surface area (Å²) in [7, 11) is 0. The van der Waals surface area contributed by atoms with E-state index in [0.29, 0.717) is 0 Å². The fourth-order valence-corrected chi connectivity index (χ4v) is 4.55. The number of rotatable bonds is 3. The normalized spacial score (nSPS) is 19.6. The largest absolute Gasteiger partial charge is 0.378 e. The van der Waals surface area contributed by atoms with E-state index in [-0.39, 0.29) is 0 Å². The number of hydrogen-bond donors (Lipinski definition) is 0. The number of aromatic nitrogens is 4. The zero-order valence-corrected chi connectivity index (χ0v) is 17.4. The Bertz CT molecular complexity index is 889. The van der Waals surface area contributed by atoms with Crippen molar-refractivity contribution in [3.8, 4) is 0 Å². The van der Waals surface area contributed by atoms with Crippen LogP contribution in [-0.2, 0) is 17.6 Å². The Morgan fingerprint density at radius 2 is 1.55 bits per heavy atom. The maximum atomic E-state index is 5.47. The van der Waals surface area contributed by atoms with Crippen molar-refractivity contribution in [2.75, 3.05) is 67.2 Å². The van der Waals surface area contributed by atoms with E-state index in [1.807, 2.05) is 6.92 Å². The first-order valence-electron chi connectivity index (χ1n) is 10.7. The van der Waals surface area contributed by atoms with Gasteiger partial charge >= 0.3 is 0 Å². The molecule has 2 fully saturated rings. The summed E-state index contributed by atoms with van der Waals surface area (Å²) in [5, 5.41) is 0. The molecular weight excluding hydrogens is 366 g/mol. The molecule has 8 heteroatoms. The van der Waals surface area contributed by atoms with E-state index in [4.69, 9.17) is 14.7 Å². The summed E-state index contributed by atoms with van der Waals surface area (Å²) in [6.07, 6.45) is 3.40. The Balaban J connectivity index is 1.32. The number of ether oxygens (including phenoxy) is 1. The van der Waals surface area contributed by atoms with Gasteiger partial charge in [-0.05, 0) is 33.1 Å². The predicted octanol–water partition coefficient (Wildman–Crippen LogP) is 1.54. The van der Waals surface area contributed by atoms with E-state index in [9.17, 15) is 0 Å². The van der Waals surface area contributed by atoms with Gasteiger partial charge in [-0.2, -0.15) is 4.98 Å². The molecule has 0 radical (unpaired) electrons. The van der Waals surface area contributed by atoms with Crippen molar-refractivity contribution in [1.29, 1.82) is 0 Å². The zero-order chi connectivity index (χ0) is 19.8. The molecule has 0 amide bonds. The average molecular weight is 396 g/mol. The van der Waals surface area contributed by atoms with E-state index in [1.54, 1.807) is 0 Å². The molecular formula is C21H29N7O. The van der Waals surface area contributed by atoms with Gasteiger partial charge in [0.2, 0.25) is 5.95 Å². The molecule has 4 heterocycles. The molecule has 2 aliphatic heterocycles. The van der Waals surface area contributed by atoms with E-state index in [1.165, 1.54) is 17.7 Å². The highest BCUT2D eigenvalue weighted by Gasteiger charge is 2.26. The van der Waals surface area contributed by atoms with Crippen LogP contribution in [0.2, 0.25) is 0 Å². The molecule has 1 aliphatic carbocycles. The lowest BCUT2D eigenvalue weighted by atomic mass is 10.2. The number of piperazine rings is 1. The summed E-state index contributed by atoms with van der Waals surface area (Å²) in [5.74, 6) is 3.92. The van der Waals surface area contributed by atoms with Gasteiger partial charge in [-0.1, -0.05) is 0 Å². The molecule has 2 aromatic heterocycles. The van der Waals surface area contributed by atoms with Crippen LogP contribution < -0.4 is 14.7 Å². The number of nitrogens with zero attached hydrogens (tertiary/aromatic N) is 7. The smallest absolute Gasteiger partial charge is 0.227 e. The highest BCUT2D eigenvalue weighted by Crippen LogP contribution is 2.30. The van der Waals surface area contributed by atoms with Crippen molar-refractivity contribution in [2.24, 2.45) is 0 Å². The fourth-order valence-electron chi connectivity index (χ4n) is 4.55. The van der Waals surface area contributed by atoms with Gasteiger partial charge in [0.05, 0.1) is 13.2 Å². The van der Waals surface area contributed by atoms with Crippen LogP contribution in [0.5, 0.6) is 0 Å². The topological polar surface area (TPSA) is 70.5 Å². The van der Waals surface area contributed by atoms with Crippen LogP contribution in [0, 0.1) is 13.8 Å². The van der Waals surface area contributed by atoms with Gasteiger partial charge in [0.1, 0.15) is 17.5 Å². The lowest BCUT2D eigenvalue weighted by Crippen LogP contribution is -2.47. The van der Waals surface area contributed by atoms with Gasteiger partial charge in [0.25, 0.3) is 0 Å². The molecule has 0 N–H and O–H groups in total. The number of anilines is 3. The first-order valence-corrected chi connectivity index (χ1v) is 10.7. The van der Waals surface area contributed by atoms with Crippen LogP contribution in [-0.4, -0.2) is 72.4 Å². The Morgan fingerprint density at radius 3 is 2.34 bits per heavy atom. The average Bonchev–Trinajstić information content (AvgIpc) is 3.22. The molecule has 0 bridgehead atoms. The molecule has 2 aromatic rings. The summed E-state index contributed by atoms with van der Waals surface area (Å²) < 4.78 is 5.47. The van der Waals surface area contributed by atoms with Crippen LogP contribution in [0.1, 0.15) is 29.2 Å². The van der Waals surface area contributed by atoms with Crippen molar-refractivity contribution in [2.45, 2.75) is 33.1 Å². The summed E-state index contributed by atoms with van der Waals surface area (Å²) in [5.41, 5.74) is 3.65. The molecule has 29 heavy (non-hydrogen) atoms. The third-order valence-electron chi connectivity index (χ3n) is 6.05. The second kappa shape index (κ2) is 7.74. The molecule has 5 rings (SSSR count). The molecule has 0 aromatic carbocycles.